The molecule has 6 heteroatoms. The maximum absolute atomic E-state index is 12.1. The van der Waals surface area contributed by atoms with E-state index in [0.717, 1.165) is 24.2 Å². The molecule has 1 amide bonds. The highest BCUT2D eigenvalue weighted by Gasteiger charge is 2.28. The summed E-state index contributed by atoms with van der Waals surface area (Å²) in [5.41, 5.74) is 1.38. The van der Waals surface area contributed by atoms with Crippen LogP contribution in [0.5, 0.6) is 0 Å². The van der Waals surface area contributed by atoms with Crippen molar-refractivity contribution in [1.82, 2.24) is 15.5 Å². The van der Waals surface area contributed by atoms with Crippen LogP contribution in [0.1, 0.15) is 55.2 Å². The van der Waals surface area contributed by atoms with Crippen LogP contribution in [0.15, 0.2) is 28.8 Å². The average molecular weight is 329 g/mol. The van der Waals surface area contributed by atoms with Crippen LogP contribution >= 0.6 is 0 Å². The third-order valence-corrected chi connectivity index (χ3v) is 4.27. The number of hydrogen-bond donors (Lipinski definition) is 2. The van der Waals surface area contributed by atoms with Crippen LogP contribution in [0.25, 0.3) is 11.5 Å². The Balaban J connectivity index is 1.56. The molecule has 0 bridgehead atoms. The molecule has 0 radical (unpaired) electrons. The van der Waals surface area contributed by atoms with E-state index in [0.29, 0.717) is 30.3 Å². The molecule has 6 nitrogen and oxygen atoms in total. The zero-order valence-electron chi connectivity index (χ0n) is 14.0. The summed E-state index contributed by atoms with van der Waals surface area (Å²) in [6, 6.07) is 7.10. The predicted octanol–water partition coefficient (Wildman–Crippen LogP) is 2.75. The Morgan fingerprint density at radius 2 is 2.04 bits per heavy atom. The number of carbonyl (C=O) groups excluding carboxylic acids is 1. The van der Waals surface area contributed by atoms with E-state index < -0.39 is 6.10 Å². The molecule has 0 aliphatic heterocycles. The first-order valence-electron chi connectivity index (χ1n) is 8.45. The summed E-state index contributed by atoms with van der Waals surface area (Å²) in [6.45, 7) is 4.36. The van der Waals surface area contributed by atoms with Crippen LogP contribution in [0.2, 0.25) is 0 Å². The van der Waals surface area contributed by atoms with E-state index >= 15 is 0 Å². The van der Waals surface area contributed by atoms with Gasteiger partial charge in [0.1, 0.15) is 0 Å². The maximum Gasteiger partial charge on any atom is 0.257 e. The van der Waals surface area contributed by atoms with Gasteiger partial charge in [-0.2, -0.15) is 4.98 Å². The summed E-state index contributed by atoms with van der Waals surface area (Å²) < 4.78 is 5.28. The number of nitrogens with zero attached hydrogens (tertiary/aromatic N) is 2. The second kappa shape index (κ2) is 7.13. The number of nitrogens with one attached hydrogen (secondary N) is 1. The van der Waals surface area contributed by atoms with Crippen LogP contribution in [0.3, 0.4) is 0 Å². The molecule has 1 aliphatic rings. The van der Waals surface area contributed by atoms with Crippen LogP contribution in [0.4, 0.5) is 0 Å². The molecule has 1 atom stereocenters. The van der Waals surface area contributed by atoms with Gasteiger partial charge in [0.25, 0.3) is 11.8 Å². The molecule has 2 aromatic rings. The fourth-order valence-electron chi connectivity index (χ4n) is 2.39. The average Bonchev–Trinajstić information content (AvgIpc) is 3.32. The van der Waals surface area contributed by atoms with Crippen molar-refractivity contribution < 1.29 is 14.4 Å². The molecular weight excluding hydrogens is 306 g/mol. The second-order valence-electron chi connectivity index (χ2n) is 6.67. The van der Waals surface area contributed by atoms with E-state index in [1.165, 1.54) is 0 Å². The minimum Gasteiger partial charge on any atom is -0.393 e. The first-order chi connectivity index (χ1) is 11.5. The second-order valence-corrected chi connectivity index (χ2v) is 6.67. The van der Waals surface area contributed by atoms with Crippen LogP contribution in [-0.4, -0.2) is 33.8 Å². The quantitative estimate of drug-likeness (QED) is 0.815. The molecule has 3 rings (SSSR count). The lowest BCUT2D eigenvalue weighted by Gasteiger charge is -2.14. The smallest absolute Gasteiger partial charge is 0.257 e. The van der Waals surface area contributed by atoms with Crippen molar-refractivity contribution in [3.63, 3.8) is 0 Å². The summed E-state index contributed by atoms with van der Waals surface area (Å²) in [6.07, 6.45) is 2.41. The van der Waals surface area contributed by atoms with Gasteiger partial charge in [0.15, 0.2) is 5.82 Å². The number of aromatic nitrogens is 2. The molecule has 1 aromatic carbocycles. The van der Waals surface area contributed by atoms with Crippen molar-refractivity contribution >= 4 is 5.91 Å². The Bertz CT molecular complexity index is 690. The molecule has 1 saturated carbocycles. The molecule has 1 aliphatic carbocycles. The van der Waals surface area contributed by atoms with E-state index in [1.54, 1.807) is 12.1 Å². The molecule has 0 spiro atoms. The van der Waals surface area contributed by atoms with Gasteiger partial charge in [-0.25, -0.2) is 0 Å². The van der Waals surface area contributed by atoms with E-state index in [9.17, 15) is 9.90 Å². The normalized spacial score (nSPS) is 15.5. The Kier molecular flexibility index (Phi) is 4.94. The van der Waals surface area contributed by atoms with Gasteiger partial charge in [0, 0.05) is 23.6 Å². The standard InChI is InChI=1S/C18H23N3O3/c1-11(2)15(22)9-10-19-17(23)13-5-7-14(8-6-13)18-20-16(21-24-18)12-3-4-12/h5-8,11-12,15,22H,3-4,9-10H2,1-2H3,(H,19,23). The molecule has 1 fully saturated rings. The fraction of sp³-hybridized carbons (Fsp3) is 0.500. The Morgan fingerprint density at radius 3 is 2.67 bits per heavy atom. The van der Waals surface area contributed by atoms with Gasteiger partial charge in [-0.3, -0.25) is 4.79 Å². The minimum atomic E-state index is -0.397. The van der Waals surface area contributed by atoms with E-state index in [-0.39, 0.29) is 11.8 Å². The number of rotatable bonds is 7. The molecule has 2 N–H and O–H groups in total. The third kappa shape index (κ3) is 4.00. The summed E-state index contributed by atoms with van der Waals surface area (Å²) in [5.74, 6) is 1.76. The zero-order chi connectivity index (χ0) is 17.1. The first kappa shape index (κ1) is 16.6. The van der Waals surface area contributed by atoms with E-state index in [4.69, 9.17) is 4.52 Å². The first-order valence-corrected chi connectivity index (χ1v) is 8.45. The van der Waals surface area contributed by atoms with Gasteiger partial charge in [-0.05, 0) is 49.4 Å². The number of benzene rings is 1. The van der Waals surface area contributed by atoms with Crippen LogP contribution in [0, 0.1) is 5.92 Å². The van der Waals surface area contributed by atoms with Gasteiger partial charge in [-0.15, -0.1) is 0 Å². The summed E-state index contributed by atoms with van der Waals surface area (Å²) in [7, 11) is 0. The molecule has 0 saturated heterocycles. The lowest BCUT2D eigenvalue weighted by atomic mass is 10.0. The SMILES string of the molecule is CC(C)C(O)CCNC(=O)c1ccc(-c2nc(C3CC3)no2)cc1. The highest BCUT2D eigenvalue weighted by molar-refractivity contribution is 5.94. The van der Waals surface area contributed by atoms with Gasteiger partial charge in [0.05, 0.1) is 6.10 Å². The lowest BCUT2D eigenvalue weighted by Crippen LogP contribution is -2.28. The van der Waals surface area contributed by atoms with E-state index in [1.807, 2.05) is 26.0 Å². The number of aliphatic hydroxyl groups is 1. The van der Waals surface area contributed by atoms with Gasteiger partial charge in [0.2, 0.25) is 0 Å². The molecule has 1 aromatic heterocycles. The lowest BCUT2D eigenvalue weighted by molar-refractivity contribution is 0.0920. The predicted molar refractivity (Wildman–Crippen MR) is 89.5 cm³/mol. The third-order valence-electron chi connectivity index (χ3n) is 4.27. The molecule has 1 unspecified atom stereocenters. The van der Waals surface area contributed by atoms with Crippen molar-refractivity contribution in [2.24, 2.45) is 5.92 Å². The fourth-order valence-corrected chi connectivity index (χ4v) is 2.39. The van der Waals surface area contributed by atoms with E-state index in [2.05, 4.69) is 15.5 Å². The Hall–Kier alpha value is -2.21. The molecule has 128 valence electrons. The number of hydrogen-bond acceptors (Lipinski definition) is 5. The van der Waals surface area contributed by atoms with Gasteiger partial charge < -0.3 is 14.9 Å². The van der Waals surface area contributed by atoms with Crippen molar-refractivity contribution in [2.45, 2.75) is 45.1 Å². The number of amides is 1. The zero-order valence-corrected chi connectivity index (χ0v) is 14.0. The highest BCUT2D eigenvalue weighted by Crippen LogP contribution is 2.38. The summed E-state index contributed by atoms with van der Waals surface area (Å²) >= 11 is 0. The number of aliphatic hydroxyl groups excluding tert-OH is 1. The molecular formula is C18H23N3O3. The van der Waals surface area contributed by atoms with Gasteiger partial charge in [-0.1, -0.05) is 19.0 Å². The van der Waals surface area contributed by atoms with Crippen molar-refractivity contribution in [3.8, 4) is 11.5 Å². The Morgan fingerprint density at radius 1 is 1.33 bits per heavy atom. The molecule has 1 heterocycles. The van der Waals surface area contributed by atoms with Crippen molar-refractivity contribution in [2.75, 3.05) is 6.54 Å². The highest BCUT2D eigenvalue weighted by atomic mass is 16.5. The topological polar surface area (TPSA) is 88.2 Å². The van der Waals surface area contributed by atoms with Crippen molar-refractivity contribution in [3.05, 3.63) is 35.7 Å². The van der Waals surface area contributed by atoms with Crippen molar-refractivity contribution in [1.29, 1.82) is 0 Å². The maximum atomic E-state index is 12.1. The monoisotopic (exact) mass is 329 g/mol. The molecule has 24 heavy (non-hydrogen) atoms. The summed E-state index contributed by atoms with van der Waals surface area (Å²) in [4.78, 5) is 16.5. The number of carbonyl (C=O) groups is 1. The summed E-state index contributed by atoms with van der Waals surface area (Å²) in [5, 5.41) is 16.6. The largest absolute Gasteiger partial charge is 0.393 e. The van der Waals surface area contributed by atoms with Crippen LogP contribution in [-0.2, 0) is 0 Å². The minimum absolute atomic E-state index is 0.151. The van der Waals surface area contributed by atoms with Gasteiger partial charge >= 0.3 is 0 Å². The Labute approximate surface area is 141 Å². The van der Waals surface area contributed by atoms with Crippen LogP contribution < -0.4 is 5.32 Å².